The van der Waals surface area contributed by atoms with Crippen LogP contribution in [0.5, 0.6) is 11.5 Å². The van der Waals surface area contributed by atoms with Crippen molar-refractivity contribution >= 4 is 29.1 Å². The molecule has 0 aliphatic carbocycles. The minimum absolute atomic E-state index is 0.209. The summed E-state index contributed by atoms with van der Waals surface area (Å²) in [5.74, 6) is 0.990. The zero-order chi connectivity index (χ0) is 17.5. The quantitative estimate of drug-likeness (QED) is 0.800. The lowest BCUT2D eigenvalue weighted by atomic mass is 10.1. The van der Waals surface area contributed by atoms with Gasteiger partial charge in [0.15, 0.2) is 6.10 Å². The maximum absolute atomic E-state index is 12.1. The molecule has 0 aliphatic rings. The number of benzene rings is 2. The minimum Gasteiger partial charge on any atom is -0.497 e. The molecule has 128 valence electrons. The summed E-state index contributed by atoms with van der Waals surface area (Å²) in [5, 5.41) is 3.76. The molecule has 2 aromatic carbocycles. The average Bonchev–Trinajstić information content (AvgIpc) is 2.58. The van der Waals surface area contributed by atoms with Crippen molar-refractivity contribution in [3.63, 3.8) is 0 Å². The highest BCUT2D eigenvalue weighted by Gasteiger charge is 2.16. The molecule has 0 heterocycles. The van der Waals surface area contributed by atoms with E-state index in [0.717, 1.165) is 17.7 Å². The Labute approximate surface area is 151 Å². The Morgan fingerprint density at radius 1 is 1.17 bits per heavy atom. The van der Waals surface area contributed by atoms with Crippen molar-refractivity contribution in [1.29, 1.82) is 0 Å². The number of nitrogens with one attached hydrogen (secondary N) is 1. The van der Waals surface area contributed by atoms with E-state index in [0.29, 0.717) is 22.3 Å². The molecule has 0 aromatic heterocycles. The first kappa shape index (κ1) is 18.4. The topological polar surface area (TPSA) is 47.6 Å². The molecule has 0 fully saturated rings. The molecule has 0 bridgehead atoms. The first-order valence-corrected chi connectivity index (χ1v) is 8.27. The molecule has 6 heteroatoms. The normalized spacial score (nSPS) is 11.7. The minimum atomic E-state index is -0.670. The Bertz CT molecular complexity index is 689. The van der Waals surface area contributed by atoms with Gasteiger partial charge in [0.05, 0.1) is 12.1 Å². The second-order valence-electron chi connectivity index (χ2n) is 5.22. The molecule has 0 aliphatic heterocycles. The maximum Gasteiger partial charge on any atom is 0.260 e. The molecule has 2 rings (SSSR count). The molecule has 0 saturated carbocycles. The van der Waals surface area contributed by atoms with Gasteiger partial charge in [0.2, 0.25) is 0 Å². The van der Waals surface area contributed by atoms with Crippen molar-refractivity contribution < 1.29 is 14.3 Å². The highest BCUT2D eigenvalue weighted by Crippen LogP contribution is 2.28. The molecule has 2 aromatic rings. The summed E-state index contributed by atoms with van der Waals surface area (Å²) >= 11 is 11.9. The van der Waals surface area contributed by atoms with Crippen LogP contribution in [0.15, 0.2) is 42.5 Å². The van der Waals surface area contributed by atoms with Crippen LogP contribution in [-0.4, -0.2) is 25.7 Å². The zero-order valence-electron chi connectivity index (χ0n) is 13.5. The van der Waals surface area contributed by atoms with Gasteiger partial charge < -0.3 is 14.8 Å². The molecule has 1 N–H and O–H groups in total. The monoisotopic (exact) mass is 367 g/mol. The van der Waals surface area contributed by atoms with Gasteiger partial charge in [-0.25, -0.2) is 0 Å². The number of ether oxygens (including phenoxy) is 2. The third kappa shape index (κ3) is 5.32. The fourth-order valence-corrected chi connectivity index (χ4v) is 2.40. The summed E-state index contributed by atoms with van der Waals surface area (Å²) < 4.78 is 10.7. The zero-order valence-corrected chi connectivity index (χ0v) is 15.0. The second-order valence-corrected chi connectivity index (χ2v) is 6.07. The van der Waals surface area contributed by atoms with E-state index < -0.39 is 6.10 Å². The molecule has 0 saturated heterocycles. The Morgan fingerprint density at radius 2 is 1.88 bits per heavy atom. The largest absolute Gasteiger partial charge is 0.497 e. The van der Waals surface area contributed by atoms with Gasteiger partial charge in [0, 0.05) is 17.6 Å². The number of halogens is 2. The van der Waals surface area contributed by atoms with Crippen molar-refractivity contribution in [2.75, 3.05) is 13.7 Å². The third-order valence-electron chi connectivity index (χ3n) is 3.44. The predicted octanol–water partition coefficient (Wildman–Crippen LogP) is 4.13. The fraction of sp³-hybridized carbons (Fsp3) is 0.278. The van der Waals surface area contributed by atoms with Gasteiger partial charge in [0.1, 0.15) is 11.5 Å². The van der Waals surface area contributed by atoms with Gasteiger partial charge in [-0.2, -0.15) is 0 Å². The van der Waals surface area contributed by atoms with Crippen LogP contribution in [0.2, 0.25) is 10.0 Å². The lowest BCUT2D eigenvalue weighted by Gasteiger charge is -2.16. The van der Waals surface area contributed by atoms with E-state index in [9.17, 15) is 4.79 Å². The Kier molecular flexibility index (Phi) is 6.76. The van der Waals surface area contributed by atoms with Gasteiger partial charge in [-0.15, -0.1) is 0 Å². The summed E-state index contributed by atoms with van der Waals surface area (Å²) in [6.45, 7) is 2.18. The van der Waals surface area contributed by atoms with E-state index in [2.05, 4.69) is 5.32 Å². The molecule has 0 unspecified atom stereocenters. The standard InChI is InChI=1S/C18H19Cl2NO3/c1-12(24-17-11-14(19)5-8-16(17)20)18(22)21-10-9-13-3-6-15(23-2)7-4-13/h3-8,11-12H,9-10H2,1-2H3,(H,21,22)/t12-/m0/s1. The first-order valence-electron chi connectivity index (χ1n) is 7.52. The first-order chi connectivity index (χ1) is 11.5. The van der Waals surface area contributed by atoms with Gasteiger partial charge in [-0.1, -0.05) is 35.3 Å². The van der Waals surface area contributed by atoms with Crippen LogP contribution in [0, 0.1) is 0 Å². The van der Waals surface area contributed by atoms with Crippen LogP contribution in [-0.2, 0) is 11.2 Å². The molecule has 0 spiro atoms. The summed E-state index contributed by atoms with van der Waals surface area (Å²) in [4.78, 5) is 12.1. The van der Waals surface area contributed by atoms with Crippen molar-refractivity contribution in [2.45, 2.75) is 19.4 Å². The van der Waals surface area contributed by atoms with Gasteiger partial charge in [-0.3, -0.25) is 4.79 Å². The van der Waals surface area contributed by atoms with E-state index >= 15 is 0 Å². The highest BCUT2D eigenvalue weighted by atomic mass is 35.5. The number of hydrogen-bond acceptors (Lipinski definition) is 3. The summed E-state index contributed by atoms with van der Waals surface area (Å²) in [5.41, 5.74) is 1.11. The van der Waals surface area contributed by atoms with E-state index in [4.69, 9.17) is 32.7 Å². The van der Waals surface area contributed by atoms with Gasteiger partial charge in [-0.05, 0) is 43.2 Å². The van der Waals surface area contributed by atoms with Crippen LogP contribution in [0.1, 0.15) is 12.5 Å². The smallest absolute Gasteiger partial charge is 0.260 e. The number of amides is 1. The van der Waals surface area contributed by atoms with Gasteiger partial charge >= 0.3 is 0 Å². The Hall–Kier alpha value is -1.91. The third-order valence-corrected chi connectivity index (χ3v) is 3.99. The van der Waals surface area contributed by atoms with Gasteiger partial charge in [0.25, 0.3) is 5.91 Å². The molecular formula is C18H19Cl2NO3. The fourth-order valence-electron chi connectivity index (χ4n) is 2.08. The second kappa shape index (κ2) is 8.81. The Morgan fingerprint density at radius 3 is 2.54 bits per heavy atom. The van der Waals surface area contributed by atoms with E-state index in [1.54, 1.807) is 32.2 Å². The molecule has 1 amide bonds. The lowest BCUT2D eigenvalue weighted by molar-refractivity contribution is -0.127. The van der Waals surface area contributed by atoms with Crippen molar-refractivity contribution in [1.82, 2.24) is 5.32 Å². The van der Waals surface area contributed by atoms with E-state index in [1.807, 2.05) is 24.3 Å². The number of rotatable bonds is 7. The number of carbonyl (C=O) groups is 1. The summed E-state index contributed by atoms with van der Waals surface area (Å²) in [7, 11) is 1.63. The molecular weight excluding hydrogens is 349 g/mol. The summed E-state index contributed by atoms with van der Waals surface area (Å²) in [6, 6.07) is 12.6. The molecule has 1 atom stereocenters. The van der Waals surface area contributed by atoms with E-state index in [-0.39, 0.29) is 5.91 Å². The molecule has 4 nitrogen and oxygen atoms in total. The number of hydrogen-bond donors (Lipinski definition) is 1. The summed E-state index contributed by atoms with van der Waals surface area (Å²) in [6.07, 6.45) is 0.0530. The number of methoxy groups -OCH3 is 1. The lowest BCUT2D eigenvalue weighted by Crippen LogP contribution is -2.37. The Balaban J connectivity index is 1.81. The van der Waals surface area contributed by atoms with Crippen molar-refractivity contribution in [3.05, 3.63) is 58.1 Å². The van der Waals surface area contributed by atoms with Crippen LogP contribution in [0.4, 0.5) is 0 Å². The number of carbonyl (C=O) groups excluding carboxylic acids is 1. The molecule has 0 radical (unpaired) electrons. The SMILES string of the molecule is COc1ccc(CCNC(=O)[C@H](C)Oc2cc(Cl)ccc2Cl)cc1. The highest BCUT2D eigenvalue weighted by molar-refractivity contribution is 6.34. The van der Waals surface area contributed by atoms with Crippen molar-refractivity contribution in [3.8, 4) is 11.5 Å². The van der Waals surface area contributed by atoms with Crippen LogP contribution in [0.3, 0.4) is 0 Å². The average molecular weight is 368 g/mol. The van der Waals surface area contributed by atoms with Crippen LogP contribution in [0.25, 0.3) is 0 Å². The van der Waals surface area contributed by atoms with Crippen LogP contribution < -0.4 is 14.8 Å². The van der Waals surface area contributed by atoms with Crippen molar-refractivity contribution in [2.24, 2.45) is 0 Å². The van der Waals surface area contributed by atoms with E-state index in [1.165, 1.54) is 0 Å². The maximum atomic E-state index is 12.1. The van der Waals surface area contributed by atoms with Crippen LogP contribution >= 0.6 is 23.2 Å². The predicted molar refractivity (Wildman–Crippen MR) is 96.3 cm³/mol. The molecule has 24 heavy (non-hydrogen) atoms.